The van der Waals surface area contributed by atoms with Crippen LogP contribution in [0.4, 0.5) is 8.78 Å². The van der Waals surface area contributed by atoms with E-state index in [9.17, 15) is 13.9 Å². The lowest BCUT2D eigenvalue weighted by Crippen LogP contribution is -2.21. The Morgan fingerprint density at radius 3 is 2.53 bits per heavy atom. The Morgan fingerprint density at radius 2 is 1.89 bits per heavy atom. The van der Waals surface area contributed by atoms with Crippen LogP contribution in [0.2, 0.25) is 0 Å². The molecule has 2 rings (SSSR count). The summed E-state index contributed by atoms with van der Waals surface area (Å²) < 4.78 is 26.9. The lowest BCUT2D eigenvalue weighted by molar-refractivity contribution is 0.0688. The molecule has 3 heteroatoms. The van der Waals surface area contributed by atoms with E-state index in [1.165, 1.54) is 25.0 Å². The maximum Gasteiger partial charge on any atom is 0.164 e. The van der Waals surface area contributed by atoms with Crippen molar-refractivity contribution in [3.63, 3.8) is 0 Å². The van der Waals surface area contributed by atoms with Crippen LogP contribution in [0.3, 0.4) is 0 Å². The second kappa shape index (κ2) is 6.47. The SMILES string of the molecule is CCCC1CCC(C(O)c2cccc(F)c2F)CC1. The van der Waals surface area contributed by atoms with Crippen molar-refractivity contribution in [1.82, 2.24) is 0 Å². The summed E-state index contributed by atoms with van der Waals surface area (Å²) in [6, 6.07) is 4.03. The Hall–Kier alpha value is -0.960. The number of aliphatic hydroxyl groups excluding tert-OH is 1. The highest BCUT2D eigenvalue weighted by Gasteiger charge is 2.29. The van der Waals surface area contributed by atoms with E-state index in [-0.39, 0.29) is 11.5 Å². The van der Waals surface area contributed by atoms with Crippen LogP contribution in [0.15, 0.2) is 18.2 Å². The highest BCUT2D eigenvalue weighted by molar-refractivity contribution is 5.22. The van der Waals surface area contributed by atoms with Crippen LogP contribution in [0.25, 0.3) is 0 Å². The first-order valence-corrected chi connectivity index (χ1v) is 7.25. The topological polar surface area (TPSA) is 20.2 Å². The van der Waals surface area contributed by atoms with Gasteiger partial charge in [0.15, 0.2) is 11.6 Å². The standard InChI is InChI=1S/C16H22F2O/c1-2-4-11-7-9-12(10-8-11)16(19)13-5-3-6-14(17)15(13)18/h3,5-6,11-12,16,19H,2,4,7-10H2,1H3. The van der Waals surface area contributed by atoms with E-state index in [1.54, 1.807) is 0 Å². The van der Waals surface area contributed by atoms with E-state index < -0.39 is 17.7 Å². The van der Waals surface area contributed by atoms with E-state index in [1.807, 2.05) is 0 Å². The lowest BCUT2D eigenvalue weighted by atomic mass is 9.76. The monoisotopic (exact) mass is 268 g/mol. The average molecular weight is 268 g/mol. The molecule has 1 saturated carbocycles. The first-order valence-electron chi connectivity index (χ1n) is 7.25. The van der Waals surface area contributed by atoms with Crippen molar-refractivity contribution in [3.05, 3.63) is 35.4 Å². The van der Waals surface area contributed by atoms with Crippen LogP contribution < -0.4 is 0 Å². The second-order valence-corrected chi connectivity index (χ2v) is 5.66. The zero-order valence-corrected chi connectivity index (χ0v) is 11.4. The number of hydrogen-bond donors (Lipinski definition) is 1. The first-order chi connectivity index (χ1) is 9.13. The molecule has 1 fully saturated rings. The molecule has 1 aromatic carbocycles. The zero-order valence-electron chi connectivity index (χ0n) is 11.4. The summed E-state index contributed by atoms with van der Waals surface area (Å²) >= 11 is 0. The third kappa shape index (κ3) is 3.33. The Morgan fingerprint density at radius 1 is 1.21 bits per heavy atom. The molecule has 0 radical (unpaired) electrons. The minimum Gasteiger partial charge on any atom is -0.388 e. The predicted molar refractivity (Wildman–Crippen MR) is 71.7 cm³/mol. The van der Waals surface area contributed by atoms with Gasteiger partial charge in [0.05, 0.1) is 6.10 Å². The van der Waals surface area contributed by atoms with Crippen LogP contribution in [-0.4, -0.2) is 5.11 Å². The Labute approximate surface area is 113 Å². The minimum atomic E-state index is -0.898. The molecule has 19 heavy (non-hydrogen) atoms. The molecule has 0 bridgehead atoms. The lowest BCUT2D eigenvalue weighted by Gasteiger charge is -2.31. The number of benzene rings is 1. The fourth-order valence-corrected chi connectivity index (χ4v) is 3.20. The van der Waals surface area contributed by atoms with Crippen molar-refractivity contribution in [3.8, 4) is 0 Å². The van der Waals surface area contributed by atoms with Crippen LogP contribution in [0, 0.1) is 23.5 Å². The molecular weight excluding hydrogens is 246 g/mol. The summed E-state index contributed by atoms with van der Waals surface area (Å²) in [5.41, 5.74) is 0.110. The van der Waals surface area contributed by atoms with Crippen LogP contribution in [0.1, 0.15) is 57.1 Å². The molecule has 0 saturated heterocycles. The molecule has 1 unspecified atom stereocenters. The summed E-state index contributed by atoms with van der Waals surface area (Å²) in [7, 11) is 0. The van der Waals surface area contributed by atoms with Crippen molar-refractivity contribution < 1.29 is 13.9 Å². The second-order valence-electron chi connectivity index (χ2n) is 5.66. The zero-order chi connectivity index (χ0) is 13.8. The van der Waals surface area contributed by atoms with Crippen LogP contribution in [0.5, 0.6) is 0 Å². The minimum absolute atomic E-state index is 0.0596. The van der Waals surface area contributed by atoms with E-state index >= 15 is 0 Å². The van der Waals surface area contributed by atoms with Gasteiger partial charge in [-0.2, -0.15) is 0 Å². The van der Waals surface area contributed by atoms with Gasteiger partial charge in [0.1, 0.15) is 0 Å². The molecule has 0 heterocycles. The summed E-state index contributed by atoms with van der Waals surface area (Å²) in [6.07, 6.45) is 5.54. The van der Waals surface area contributed by atoms with Gasteiger partial charge < -0.3 is 5.11 Å². The molecule has 1 N–H and O–H groups in total. The highest BCUT2D eigenvalue weighted by Crippen LogP contribution is 2.39. The van der Waals surface area contributed by atoms with Gasteiger partial charge in [-0.15, -0.1) is 0 Å². The molecule has 106 valence electrons. The summed E-state index contributed by atoms with van der Waals surface area (Å²) in [4.78, 5) is 0. The van der Waals surface area contributed by atoms with Crippen molar-refractivity contribution in [1.29, 1.82) is 0 Å². The highest BCUT2D eigenvalue weighted by atomic mass is 19.2. The number of hydrogen-bond acceptors (Lipinski definition) is 1. The van der Waals surface area contributed by atoms with Crippen LogP contribution in [-0.2, 0) is 0 Å². The van der Waals surface area contributed by atoms with Crippen molar-refractivity contribution in [2.45, 2.75) is 51.6 Å². The van der Waals surface area contributed by atoms with E-state index in [2.05, 4.69) is 6.92 Å². The smallest absolute Gasteiger partial charge is 0.164 e. The van der Waals surface area contributed by atoms with Gasteiger partial charge >= 0.3 is 0 Å². The molecule has 1 aliphatic rings. The molecule has 1 atom stereocenters. The van der Waals surface area contributed by atoms with Crippen molar-refractivity contribution >= 4 is 0 Å². The van der Waals surface area contributed by atoms with Crippen LogP contribution >= 0.6 is 0 Å². The van der Waals surface area contributed by atoms with E-state index in [0.29, 0.717) is 0 Å². The first kappa shape index (κ1) is 14.4. The fraction of sp³-hybridized carbons (Fsp3) is 0.625. The molecule has 0 aliphatic heterocycles. The van der Waals surface area contributed by atoms with Gasteiger partial charge in [0, 0.05) is 5.56 Å². The largest absolute Gasteiger partial charge is 0.388 e. The summed E-state index contributed by atoms with van der Waals surface area (Å²) in [5, 5.41) is 10.3. The third-order valence-electron chi connectivity index (χ3n) is 4.33. The van der Waals surface area contributed by atoms with Gasteiger partial charge in [-0.05, 0) is 30.7 Å². The normalized spacial score (nSPS) is 25.3. The molecule has 0 aromatic heterocycles. The van der Waals surface area contributed by atoms with Gasteiger partial charge in [0.25, 0.3) is 0 Å². The molecule has 0 spiro atoms. The van der Waals surface area contributed by atoms with Gasteiger partial charge in [0.2, 0.25) is 0 Å². The van der Waals surface area contributed by atoms with Crippen molar-refractivity contribution in [2.24, 2.45) is 11.8 Å². The Kier molecular flexibility index (Phi) is 4.92. The maximum atomic E-state index is 13.7. The molecular formula is C16H22F2O. The van der Waals surface area contributed by atoms with Crippen molar-refractivity contribution in [2.75, 3.05) is 0 Å². The summed E-state index contributed by atoms with van der Waals surface area (Å²) in [6.45, 7) is 2.18. The van der Waals surface area contributed by atoms with E-state index in [4.69, 9.17) is 0 Å². The average Bonchev–Trinajstić information content (AvgIpc) is 2.42. The van der Waals surface area contributed by atoms with Gasteiger partial charge in [-0.3, -0.25) is 0 Å². The molecule has 0 amide bonds. The number of aliphatic hydroxyl groups is 1. The van der Waals surface area contributed by atoms with Gasteiger partial charge in [-0.25, -0.2) is 8.78 Å². The van der Waals surface area contributed by atoms with E-state index in [0.717, 1.165) is 37.7 Å². The predicted octanol–water partition coefficient (Wildman–Crippen LogP) is 4.60. The molecule has 1 aliphatic carbocycles. The Balaban J connectivity index is 2.01. The molecule has 1 nitrogen and oxygen atoms in total. The fourth-order valence-electron chi connectivity index (χ4n) is 3.20. The number of rotatable bonds is 4. The summed E-state index contributed by atoms with van der Waals surface area (Å²) in [5.74, 6) is -0.975. The molecule has 1 aromatic rings. The number of halogens is 2. The van der Waals surface area contributed by atoms with Gasteiger partial charge in [-0.1, -0.05) is 44.7 Å². The maximum absolute atomic E-state index is 13.7. The quantitative estimate of drug-likeness (QED) is 0.845. The Bertz CT molecular complexity index is 411. The third-order valence-corrected chi connectivity index (χ3v) is 4.33.